The van der Waals surface area contributed by atoms with Gasteiger partial charge < -0.3 is 5.11 Å². The van der Waals surface area contributed by atoms with Gasteiger partial charge in [0.1, 0.15) is 0 Å². The predicted molar refractivity (Wildman–Crippen MR) is 53.6 cm³/mol. The fourth-order valence-corrected chi connectivity index (χ4v) is 2.06. The fourth-order valence-electron chi connectivity index (χ4n) is 2.06. The number of aryl methyl sites for hydroxylation is 1. The standard InChI is InChI=1S/C12H16O/c1-2-10-6-3-4-7-11(10)12(13)8-5-9-12/h3-4,6-7,13H,2,5,8-9H2,1H3. The summed E-state index contributed by atoms with van der Waals surface area (Å²) in [5.74, 6) is 0. The summed E-state index contributed by atoms with van der Waals surface area (Å²) in [6.45, 7) is 2.14. The molecule has 0 amide bonds. The highest BCUT2D eigenvalue weighted by atomic mass is 16.3. The van der Waals surface area contributed by atoms with Crippen LogP contribution in [0.1, 0.15) is 37.3 Å². The molecule has 1 aromatic rings. The second kappa shape index (κ2) is 3.15. The van der Waals surface area contributed by atoms with E-state index in [1.165, 1.54) is 5.56 Å². The van der Waals surface area contributed by atoms with Crippen LogP contribution in [-0.2, 0) is 12.0 Å². The molecule has 0 aliphatic heterocycles. The second-order valence-electron chi connectivity index (χ2n) is 3.90. The van der Waals surface area contributed by atoms with Crippen LogP contribution in [0.15, 0.2) is 24.3 Å². The Kier molecular flexibility index (Phi) is 2.12. The first kappa shape index (κ1) is 8.76. The summed E-state index contributed by atoms with van der Waals surface area (Å²) < 4.78 is 0. The van der Waals surface area contributed by atoms with Crippen LogP contribution in [0.3, 0.4) is 0 Å². The van der Waals surface area contributed by atoms with Gasteiger partial charge in [-0.25, -0.2) is 0 Å². The molecule has 0 bridgehead atoms. The van der Waals surface area contributed by atoms with E-state index in [0.29, 0.717) is 0 Å². The van der Waals surface area contributed by atoms with E-state index in [0.717, 1.165) is 31.2 Å². The molecule has 1 saturated carbocycles. The molecule has 1 fully saturated rings. The lowest BCUT2D eigenvalue weighted by molar-refractivity contribution is -0.0394. The molecule has 1 N–H and O–H groups in total. The molecule has 1 nitrogen and oxygen atoms in total. The zero-order valence-electron chi connectivity index (χ0n) is 8.09. The molecule has 1 heteroatoms. The third kappa shape index (κ3) is 1.37. The maximum absolute atomic E-state index is 10.2. The first-order valence-electron chi connectivity index (χ1n) is 5.07. The summed E-state index contributed by atoms with van der Waals surface area (Å²) in [4.78, 5) is 0. The third-order valence-electron chi connectivity index (χ3n) is 3.08. The molecule has 0 spiro atoms. The highest BCUT2D eigenvalue weighted by molar-refractivity contribution is 5.33. The zero-order chi connectivity index (χ0) is 9.31. The SMILES string of the molecule is CCc1ccccc1C1(O)CCC1. The number of hydrogen-bond donors (Lipinski definition) is 1. The molecule has 0 unspecified atom stereocenters. The van der Waals surface area contributed by atoms with Gasteiger partial charge in [0.05, 0.1) is 5.60 Å². The average Bonchev–Trinajstić information content (AvgIpc) is 2.14. The Morgan fingerprint density at radius 1 is 1.31 bits per heavy atom. The van der Waals surface area contributed by atoms with Crippen molar-refractivity contribution in [3.8, 4) is 0 Å². The lowest BCUT2D eigenvalue weighted by atomic mass is 9.73. The van der Waals surface area contributed by atoms with Crippen LogP contribution >= 0.6 is 0 Å². The summed E-state index contributed by atoms with van der Waals surface area (Å²) in [5.41, 5.74) is 1.96. The van der Waals surface area contributed by atoms with E-state index < -0.39 is 5.60 Å². The van der Waals surface area contributed by atoms with Crippen molar-refractivity contribution in [1.29, 1.82) is 0 Å². The van der Waals surface area contributed by atoms with Crippen LogP contribution in [0.4, 0.5) is 0 Å². The molecule has 0 saturated heterocycles. The second-order valence-corrected chi connectivity index (χ2v) is 3.90. The summed E-state index contributed by atoms with van der Waals surface area (Å²) in [6, 6.07) is 8.25. The van der Waals surface area contributed by atoms with E-state index in [1.807, 2.05) is 12.1 Å². The minimum Gasteiger partial charge on any atom is -0.385 e. The van der Waals surface area contributed by atoms with E-state index in [4.69, 9.17) is 0 Å². The van der Waals surface area contributed by atoms with Gasteiger partial charge in [0.15, 0.2) is 0 Å². The number of hydrogen-bond acceptors (Lipinski definition) is 1. The smallest absolute Gasteiger partial charge is 0.0899 e. The third-order valence-corrected chi connectivity index (χ3v) is 3.08. The van der Waals surface area contributed by atoms with Gasteiger partial charge >= 0.3 is 0 Å². The molecule has 13 heavy (non-hydrogen) atoms. The Morgan fingerprint density at radius 2 is 2.00 bits per heavy atom. The van der Waals surface area contributed by atoms with Crippen molar-refractivity contribution in [2.75, 3.05) is 0 Å². The number of aliphatic hydroxyl groups is 1. The predicted octanol–water partition coefficient (Wildman–Crippen LogP) is 2.62. The normalized spacial score (nSPS) is 19.5. The largest absolute Gasteiger partial charge is 0.385 e. The molecular formula is C12H16O. The van der Waals surface area contributed by atoms with Gasteiger partial charge in [0, 0.05) is 0 Å². The van der Waals surface area contributed by atoms with Crippen LogP contribution < -0.4 is 0 Å². The lowest BCUT2D eigenvalue weighted by Gasteiger charge is -2.38. The Labute approximate surface area is 79.4 Å². The van der Waals surface area contributed by atoms with E-state index >= 15 is 0 Å². The van der Waals surface area contributed by atoms with E-state index in [9.17, 15) is 5.11 Å². The van der Waals surface area contributed by atoms with E-state index in [-0.39, 0.29) is 0 Å². The quantitative estimate of drug-likeness (QED) is 0.734. The van der Waals surface area contributed by atoms with Crippen LogP contribution in [0, 0.1) is 0 Å². The van der Waals surface area contributed by atoms with Crippen molar-refractivity contribution in [1.82, 2.24) is 0 Å². The molecular weight excluding hydrogens is 160 g/mol. The van der Waals surface area contributed by atoms with Crippen molar-refractivity contribution in [2.24, 2.45) is 0 Å². The van der Waals surface area contributed by atoms with Gasteiger partial charge in [0.25, 0.3) is 0 Å². The highest BCUT2D eigenvalue weighted by Crippen LogP contribution is 2.42. The lowest BCUT2D eigenvalue weighted by Crippen LogP contribution is -2.34. The average molecular weight is 176 g/mol. The molecule has 0 atom stereocenters. The molecule has 1 aliphatic rings. The van der Waals surface area contributed by atoms with Crippen molar-refractivity contribution in [3.63, 3.8) is 0 Å². The summed E-state index contributed by atoms with van der Waals surface area (Å²) >= 11 is 0. The van der Waals surface area contributed by atoms with E-state index in [2.05, 4.69) is 19.1 Å². The highest BCUT2D eigenvalue weighted by Gasteiger charge is 2.37. The fraction of sp³-hybridized carbons (Fsp3) is 0.500. The minimum absolute atomic E-state index is 0.493. The Morgan fingerprint density at radius 3 is 2.54 bits per heavy atom. The maximum Gasteiger partial charge on any atom is 0.0899 e. The van der Waals surface area contributed by atoms with E-state index in [1.54, 1.807) is 0 Å². The Bertz CT molecular complexity index is 300. The van der Waals surface area contributed by atoms with Gasteiger partial charge in [-0.05, 0) is 36.8 Å². The van der Waals surface area contributed by atoms with Crippen molar-refractivity contribution in [2.45, 2.75) is 38.2 Å². The minimum atomic E-state index is -0.493. The van der Waals surface area contributed by atoms with Gasteiger partial charge in [-0.15, -0.1) is 0 Å². The Hall–Kier alpha value is -0.820. The first-order valence-corrected chi connectivity index (χ1v) is 5.07. The summed E-state index contributed by atoms with van der Waals surface area (Å²) in [5, 5.41) is 10.2. The van der Waals surface area contributed by atoms with Crippen molar-refractivity contribution < 1.29 is 5.11 Å². The molecule has 2 rings (SSSR count). The van der Waals surface area contributed by atoms with Gasteiger partial charge in [-0.1, -0.05) is 31.2 Å². The topological polar surface area (TPSA) is 20.2 Å². The van der Waals surface area contributed by atoms with Gasteiger partial charge in [-0.3, -0.25) is 0 Å². The van der Waals surface area contributed by atoms with Crippen LogP contribution in [0.2, 0.25) is 0 Å². The molecule has 1 aromatic carbocycles. The number of rotatable bonds is 2. The summed E-state index contributed by atoms with van der Waals surface area (Å²) in [6.07, 6.45) is 4.04. The van der Waals surface area contributed by atoms with Crippen LogP contribution in [0.5, 0.6) is 0 Å². The van der Waals surface area contributed by atoms with Crippen molar-refractivity contribution >= 4 is 0 Å². The maximum atomic E-state index is 10.2. The number of benzene rings is 1. The Balaban J connectivity index is 2.38. The van der Waals surface area contributed by atoms with Crippen LogP contribution in [-0.4, -0.2) is 5.11 Å². The van der Waals surface area contributed by atoms with Crippen LogP contribution in [0.25, 0.3) is 0 Å². The van der Waals surface area contributed by atoms with Gasteiger partial charge in [0.2, 0.25) is 0 Å². The zero-order valence-corrected chi connectivity index (χ0v) is 8.09. The molecule has 1 aliphatic carbocycles. The molecule has 0 aromatic heterocycles. The van der Waals surface area contributed by atoms with Crippen molar-refractivity contribution in [3.05, 3.63) is 35.4 Å². The molecule has 0 heterocycles. The monoisotopic (exact) mass is 176 g/mol. The molecule has 70 valence electrons. The first-order chi connectivity index (χ1) is 6.26. The molecule has 0 radical (unpaired) electrons. The van der Waals surface area contributed by atoms with Gasteiger partial charge in [-0.2, -0.15) is 0 Å². The summed E-state index contributed by atoms with van der Waals surface area (Å²) in [7, 11) is 0.